The van der Waals surface area contributed by atoms with E-state index in [1.165, 1.54) is 22.5 Å². The SMILES string of the molecule is N#CC1=C(Nc2cccc(Cl)c2F)SN(CCC(F)(F)F)C1S. The first-order valence-electron chi connectivity index (χ1n) is 6.27. The molecule has 10 heteroatoms. The van der Waals surface area contributed by atoms with Crippen molar-refractivity contribution in [3.05, 3.63) is 39.6 Å². The predicted octanol–water partition coefficient (Wildman–Crippen LogP) is 4.80. The van der Waals surface area contributed by atoms with Gasteiger partial charge < -0.3 is 5.32 Å². The van der Waals surface area contributed by atoms with Crippen molar-refractivity contribution in [1.82, 2.24) is 4.31 Å². The van der Waals surface area contributed by atoms with Crippen molar-refractivity contribution >= 4 is 41.9 Å². The average Bonchev–Trinajstić information content (AvgIpc) is 2.76. The number of rotatable bonds is 4. The van der Waals surface area contributed by atoms with Crippen LogP contribution in [0.5, 0.6) is 0 Å². The first-order valence-corrected chi connectivity index (χ1v) is 7.94. The lowest BCUT2D eigenvalue weighted by atomic mass is 10.2. The molecule has 1 unspecified atom stereocenters. The molecule has 1 heterocycles. The van der Waals surface area contributed by atoms with Gasteiger partial charge in [0.25, 0.3) is 0 Å². The van der Waals surface area contributed by atoms with Crippen molar-refractivity contribution in [3.8, 4) is 6.07 Å². The number of nitrogens with one attached hydrogen (secondary N) is 1. The highest BCUT2D eigenvalue weighted by Gasteiger charge is 2.35. The zero-order valence-electron chi connectivity index (χ0n) is 11.4. The van der Waals surface area contributed by atoms with E-state index in [2.05, 4.69) is 17.9 Å². The minimum absolute atomic E-state index is 0.0333. The highest BCUT2D eigenvalue weighted by atomic mass is 35.5. The lowest BCUT2D eigenvalue weighted by Gasteiger charge is -2.20. The topological polar surface area (TPSA) is 39.1 Å². The highest BCUT2D eigenvalue weighted by Crippen LogP contribution is 2.41. The van der Waals surface area contributed by atoms with E-state index in [4.69, 9.17) is 11.6 Å². The smallest absolute Gasteiger partial charge is 0.346 e. The second-order valence-electron chi connectivity index (χ2n) is 4.55. The van der Waals surface area contributed by atoms with Crippen molar-refractivity contribution in [3.63, 3.8) is 0 Å². The summed E-state index contributed by atoms with van der Waals surface area (Å²) in [5.74, 6) is -0.705. The van der Waals surface area contributed by atoms with Gasteiger partial charge >= 0.3 is 6.18 Å². The summed E-state index contributed by atoms with van der Waals surface area (Å²) in [7, 11) is 0. The third kappa shape index (κ3) is 4.47. The number of hydrogen-bond donors (Lipinski definition) is 2. The van der Waals surface area contributed by atoms with Gasteiger partial charge in [-0.1, -0.05) is 17.7 Å². The molecule has 1 aromatic rings. The summed E-state index contributed by atoms with van der Waals surface area (Å²) < 4.78 is 52.2. The van der Waals surface area contributed by atoms with Crippen LogP contribution in [-0.4, -0.2) is 22.4 Å². The van der Waals surface area contributed by atoms with Gasteiger partial charge in [-0.25, -0.2) is 8.70 Å². The van der Waals surface area contributed by atoms with E-state index in [1.54, 1.807) is 0 Å². The van der Waals surface area contributed by atoms with E-state index < -0.39 is 23.8 Å². The summed E-state index contributed by atoms with van der Waals surface area (Å²) in [6.45, 7) is -0.337. The summed E-state index contributed by atoms with van der Waals surface area (Å²) in [5, 5.41) is 11.2. The van der Waals surface area contributed by atoms with Gasteiger partial charge in [0, 0.05) is 6.54 Å². The maximum atomic E-state index is 13.9. The van der Waals surface area contributed by atoms with Crippen molar-refractivity contribution in [2.45, 2.75) is 18.0 Å². The average molecular weight is 384 g/mol. The number of hydrogen-bond acceptors (Lipinski definition) is 5. The molecule has 0 amide bonds. The Bertz CT molecular complexity index is 672. The maximum Gasteiger partial charge on any atom is 0.390 e. The van der Waals surface area contributed by atoms with Crippen LogP contribution in [0.15, 0.2) is 28.8 Å². The third-order valence-electron chi connectivity index (χ3n) is 2.92. The Morgan fingerprint density at radius 3 is 2.74 bits per heavy atom. The van der Waals surface area contributed by atoms with E-state index in [0.717, 1.165) is 11.9 Å². The molecule has 1 aromatic carbocycles. The summed E-state index contributed by atoms with van der Waals surface area (Å²) in [4.78, 5) is 0. The number of halogens is 5. The van der Waals surface area contributed by atoms with Crippen molar-refractivity contribution in [2.24, 2.45) is 0 Å². The maximum absolute atomic E-state index is 13.9. The molecule has 1 aliphatic heterocycles. The van der Waals surface area contributed by atoms with Crippen LogP contribution in [0.3, 0.4) is 0 Å². The first kappa shape index (κ1) is 18.3. The molecule has 1 atom stereocenters. The van der Waals surface area contributed by atoms with E-state index in [0.29, 0.717) is 0 Å². The van der Waals surface area contributed by atoms with E-state index in [9.17, 15) is 22.8 Å². The monoisotopic (exact) mass is 383 g/mol. The zero-order valence-corrected chi connectivity index (χ0v) is 13.8. The molecule has 23 heavy (non-hydrogen) atoms. The fourth-order valence-corrected chi connectivity index (χ4v) is 3.54. The lowest BCUT2D eigenvalue weighted by Crippen LogP contribution is -2.26. The molecule has 3 nitrogen and oxygen atoms in total. The third-order valence-corrected chi connectivity index (χ3v) is 5.04. The molecule has 0 saturated heterocycles. The van der Waals surface area contributed by atoms with Crippen LogP contribution < -0.4 is 5.32 Å². The normalized spacial score (nSPS) is 19.1. The molecule has 1 aliphatic rings. The Morgan fingerprint density at radius 2 is 2.13 bits per heavy atom. The first-order chi connectivity index (χ1) is 10.7. The Kier molecular flexibility index (Phi) is 5.73. The minimum Gasteiger partial charge on any atom is -0.346 e. The van der Waals surface area contributed by atoms with E-state index >= 15 is 0 Å². The number of alkyl halides is 3. The van der Waals surface area contributed by atoms with Gasteiger partial charge in [0.05, 0.1) is 22.7 Å². The summed E-state index contributed by atoms with van der Waals surface area (Å²) in [5.41, 5.74) is 0.158. The molecule has 0 aromatic heterocycles. The summed E-state index contributed by atoms with van der Waals surface area (Å²) in [6.07, 6.45) is -5.34. The van der Waals surface area contributed by atoms with Gasteiger partial charge in [0.15, 0.2) is 5.82 Å². The van der Waals surface area contributed by atoms with Gasteiger partial charge in [-0.15, -0.1) is 0 Å². The summed E-state index contributed by atoms with van der Waals surface area (Å²) >= 11 is 10.7. The quantitative estimate of drug-likeness (QED) is 0.445. The lowest BCUT2D eigenvalue weighted by molar-refractivity contribution is -0.135. The van der Waals surface area contributed by atoms with Crippen LogP contribution >= 0.6 is 36.2 Å². The molecule has 0 aliphatic carbocycles. The van der Waals surface area contributed by atoms with Gasteiger partial charge in [-0.2, -0.15) is 31.1 Å². The Balaban J connectivity index is 2.16. The molecule has 0 radical (unpaired) electrons. The van der Waals surface area contributed by atoms with Gasteiger partial charge in [-0.05, 0) is 24.1 Å². The summed E-state index contributed by atoms with van der Waals surface area (Å²) in [6, 6.07) is 6.17. The van der Waals surface area contributed by atoms with Crippen LogP contribution in [0, 0.1) is 17.1 Å². The Hall–Kier alpha value is -1.08. The molecular formula is C13H10ClF4N3S2. The Morgan fingerprint density at radius 1 is 1.43 bits per heavy atom. The van der Waals surface area contributed by atoms with Crippen LogP contribution in [0.1, 0.15) is 6.42 Å². The van der Waals surface area contributed by atoms with Gasteiger partial charge in [-0.3, -0.25) is 0 Å². The zero-order chi connectivity index (χ0) is 17.2. The Labute approximate surface area is 144 Å². The molecule has 0 spiro atoms. The number of thiol groups is 1. The van der Waals surface area contributed by atoms with E-state index in [-0.39, 0.29) is 27.9 Å². The molecule has 2 rings (SSSR count). The second kappa shape index (κ2) is 7.21. The second-order valence-corrected chi connectivity index (χ2v) is 6.51. The standard InChI is InChI=1S/C13H10ClF4N3S2/c14-8-2-1-3-9(10(8)15)20-11-7(6-19)12(22)21(23-11)5-4-13(16,17)18/h1-3,12,20,22H,4-5H2. The largest absolute Gasteiger partial charge is 0.390 e. The van der Waals surface area contributed by atoms with Crippen LogP contribution in [0.4, 0.5) is 23.2 Å². The van der Waals surface area contributed by atoms with Crippen molar-refractivity contribution in [1.29, 1.82) is 5.26 Å². The van der Waals surface area contributed by atoms with Crippen LogP contribution in [-0.2, 0) is 0 Å². The number of anilines is 1. The number of benzene rings is 1. The molecule has 124 valence electrons. The van der Waals surface area contributed by atoms with Crippen molar-refractivity contribution in [2.75, 3.05) is 11.9 Å². The van der Waals surface area contributed by atoms with Gasteiger partial charge in [0.2, 0.25) is 0 Å². The number of nitrogens with zero attached hydrogens (tertiary/aromatic N) is 2. The molecular weight excluding hydrogens is 374 g/mol. The molecule has 1 N–H and O–H groups in total. The van der Waals surface area contributed by atoms with E-state index in [1.807, 2.05) is 6.07 Å². The molecule has 0 saturated carbocycles. The highest BCUT2D eigenvalue weighted by molar-refractivity contribution is 8.02. The van der Waals surface area contributed by atoms with Gasteiger partial charge in [0.1, 0.15) is 16.5 Å². The molecule has 0 fully saturated rings. The predicted molar refractivity (Wildman–Crippen MR) is 85.4 cm³/mol. The minimum atomic E-state index is -4.31. The fourth-order valence-electron chi connectivity index (χ4n) is 1.80. The van der Waals surface area contributed by atoms with Crippen LogP contribution in [0.2, 0.25) is 5.02 Å². The molecule has 0 bridgehead atoms. The van der Waals surface area contributed by atoms with Crippen molar-refractivity contribution < 1.29 is 17.6 Å². The number of nitriles is 1. The van der Waals surface area contributed by atoms with Crippen LogP contribution in [0.25, 0.3) is 0 Å². The fraction of sp³-hybridized carbons (Fsp3) is 0.308.